The third-order valence-electron chi connectivity index (χ3n) is 5.37. The fraction of sp³-hybridized carbons (Fsp3) is 0.435. The van der Waals surface area contributed by atoms with Gasteiger partial charge in [-0.15, -0.1) is 0 Å². The number of fused-ring (bicyclic) bond motifs is 1. The fourth-order valence-corrected chi connectivity index (χ4v) is 3.96. The van der Waals surface area contributed by atoms with Gasteiger partial charge in [-0.3, -0.25) is 4.79 Å². The molecule has 6 heteroatoms. The number of carbonyl (C=O) groups excluding carboxylic acids is 1. The van der Waals surface area contributed by atoms with Gasteiger partial charge in [0, 0.05) is 30.9 Å². The van der Waals surface area contributed by atoms with Gasteiger partial charge in [0.1, 0.15) is 12.4 Å². The lowest BCUT2D eigenvalue weighted by atomic mass is 10.00. The van der Waals surface area contributed by atoms with Crippen LogP contribution < -0.4 is 15.4 Å². The molecular formula is C23H29N3O3. The summed E-state index contributed by atoms with van der Waals surface area (Å²) in [5.41, 5.74) is 2.31. The molecule has 2 aromatic carbocycles. The minimum Gasteiger partial charge on any atom is -0.489 e. The summed E-state index contributed by atoms with van der Waals surface area (Å²) in [5.74, 6) is 0.814. The number of para-hydroxylation sites is 1. The second-order valence-electron chi connectivity index (χ2n) is 8.37. The monoisotopic (exact) mass is 395 g/mol. The SMILES string of the molecule is C[C@@H]1CN(C(=O)c2ccc3c(c2)NC(C)(CNc2ccccc2)CO3)C[C@H](C)O1. The van der Waals surface area contributed by atoms with Gasteiger partial charge in [-0.2, -0.15) is 0 Å². The van der Waals surface area contributed by atoms with Gasteiger partial charge >= 0.3 is 0 Å². The van der Waals surface area contributed by atoms with Crippen molar-refractivity contribution >= 4 is 17.3 Å². The summed E-state index contributed by atoms with van der Waals surface area (Å²) in [6.07, 6.45) is 0.100. The summed E-state index contributed by atoms with van der Waals surface area (Å²) in [6.45, 7) is 8.60. The van der Waals surface area contributed by atoms with E-state index in [9.17, 15) is 4.79 Å². The van der Waals surface area contributed by atoms with Crippen molar-refractivity contribution in [1.82, 2.24) is 4.90 Å². The van der Waals surface area contributed by atoms with E-state index in [2.05, 4.69) is 17.6 Å². The van der Waals surface area contributed by atoms with Crippen LogP contribution in [0.25, 0.3) is 0 Å². The predicted octanol–water partition coefficient (Wildman–Crippen LogP) is 3.61. The van der Waals surface area contributed by atoms with Crippen molar-refractivity contribution < 1.29 is 14.3 Å². The van der Waals surface area contributed by atoms with E-state index >= 15 is 0 Å². The summed E-state index contributed by atoms with van der Waals surface area (Å²) < 4.78 is 11.7. The Morgan fingerprint density at radius 1 is 1.17 bits per heavy atom. The van der Waals surface area contributed by atoms with Crippen LogP contribution in [0.4, 0.5) is 11.4 Å². The molecule has 2 heterocycles. The van der Waals surface area contributed by atoms with Crippen molar-refractivity contribution in [3.63, 3.8) is 0 Å². The Morgan fingerprint density at radius 3 is 2.62 bits per heavy atom. The quantitative estimate of drug-likeness (QED) is 0.828. The summed E-state index contributed by atoms with van der Waals surface area (Å²) in [6, 6.07) is 15.7. The summed E-state index contributed by atoms with van der Waals surface area (Å²) in [4.78, 5) is 14.9. The van der Waals surface area contributed by atoms with Crippen molar-refractivity contribution in [2.45, 2.75) is 38.5 Å². The van der Waals surface area contributed by atoms with Crippen LogP contribution >= 0.6 is 0 Å². The molecule has 1 amide bonds. The molecule has 0 spiro atoms. The molecule has 0 bridgehead atoms. The van der Waals surface area contributed by atoms with Crippen LogP contribution in [0, 0.1) is 0 Å². The largest absolute Gasteiger partial charge is 0.489 e. The number of hydrogen-bond donors (Lipinski definition) is 2. The van der Waals surface area contributed by atoms with Crippen LogP contribution in [-0.2, 0) is 4.74 Å². The van der Waals surface area contributed by atoms with Crippen LogP contribution in [0.5, 0.6) is 5.75 Å². The maximum atomic E-state index is 13.0. The Bertz CT molecular complexity index is 863. The highest BCUT2D eigenvalue weighted by atomic mass is 16.5. The second-order valence-corrected chi connectivity index (χ2v) is 8.37. The lowest BCUT2D eigenvalue weighted by Gasteiger charge is -2.38. The summed E-state index contributed by atoms with van der Waals surface area (Å²) in [5, 5.41) is 7.03. The minimum atomic E-state index is -0.285. The smallest absolute Gasteiger partial charge is 0.254 e. The summed E-state index contributed by atoms with van der Waals surface area (Å²) >= 11 is 0. The second kappa shape index (κ2) is 7.95. The summed E-state index contributed by atoms with van der Waals surface area (Å²) in [7, 11) is 0. The maximum Gasteiger partial charge on any atom is 0.254 e. The molecule has 4 rings (SSSR count). The molecule has 1 fully saturated rings. The fourth-order valence-electron chi connectivity index (χ4n) is 3.96. The van der Waals surface area contributed by atoms with Gasteiger partial charge in [0.05, 0.1) is 23.4 Å². The van der Waals surface area contributed by atoms with E-state index in [-0.39, 0.29) is 23.7 Å². The van der Waals surface area contributed by atoms with Gasteiger partial charge < -0.3 is 25.0 Å². The third-order valence-corrected chi connectivity index (χ3v) is 5.37. The van der Waals surface area contributed by atoms with E-state index in [4.69, 9.17) is 9.47 Å². The molecule has 2 aliphatic rings. The molecule has 0 radical (unpaired) electrons. The number of anilines is 2. The molecule has 0 saturated carbocycles. The first kappa shape index (κ1) is 19.6. The number of nitrogens with one attached hydrogen (secondary N) is 2. The number of nitrogens with zero attached hydrogens (tertiary/aromatic N) is 1. The molecule has 6 nitrogen and oxygen atoms in total. The first-order valence-corrected chi connectivity index (χ1v) is 10.2. The van der Waals surface area contributed by atoms with Crippen molar-refractivity contribution in [3.05, 3.63) is 54.1 Å². The van der Waals surface area contributed by atoms with E-state index in [0.717, 1.165) is 17.1 Å². The van der Waals surface area contributed by atoms with Gasteiger partial charge in [-0.25, -0.2) is 0 Å². The van der Waals surface area contributed by atoms with Gasteiger partial charge in [0.15, 0.2) is 0 Å². The van der Waals surface area contributed by atoms with E-state index in [1.54, 1.807) is 0 Å². The Hall–Kier alpha value is -2.73. The topological polar surface area (TPSA) is 62.8 Å². The zero-order valence-corrected chi connectivity index (χ0v) is 17.3. The van der Waals surface area contributed by atoms with E-state index in [1.165, 1.54) is 0 Å². The highest BCUT2D eigenvalue weighted by Crippen LogP contribution is 2.34. The Balaban J connectivity index is 1.47. The molecule has 2 aromatic rings. The van der Waals surface area contributed by atoms with Crippen LogP contribution in [0.15, 0.2) is 48.5 Å². The normalized spacial score (nSPS) is 26.1. The van der Waals surface area contributed by atoms with Crippen molar-refractivity contribution in [2.24, 2.45) is 0 Å². The highest BCUT2D eigenvalue weighted by molar-refractivity contribution is 5.96. The molecule has 3 atom stereocenters. The minimum absolute atomic E-state index is 0.0336. The van der Waals surface area contributed by atoms with Crippen LogP contribution in [0.1, 0.15) is 31.1 Å². The van der Waals surface area contributed by atoms with Gasteiger partial charge in [-0.05, 0) is 51.1 Å². The van der Waals surface area contributed by atoms with Gasteiger partial charge in [-0.1, -0.05) is 18.2 Å². The number of carbonyl (C=O) groups is 1. The molecule has 2 N–H and O–H groups in total. The molecular weight excluding hydrogens is 366 g/mol. The number of rotatable bonds is 4. The Morgan fingerprint density at radius 2 is 1.90 bits per heavy atom. The first-order chi connectivity index (χ1) is 13.9. The van der Waals surface area contributed by atoms with E-state index in [1.807, 2.05) is 67.3 Å². The van der Waals surface area contributed by atoms with E-state index in [0.29, 0.717) is 31.8 Å². The molecule has 154 valence electrons. The zero-order valence-electron chi connectivity index (χ0n) is 17.3. The average molecular weight is 396 g/mol. The van der Waals surface area contributed by atoms with Crippen LogP contribution in [-0.4, -0.2) is 54.8 Å². The number of hydrogen-bond acceptors (Lipinski definition) is 5. The van der Waals surface area contributed by atoms with Crippen molar-refractivity contribution in [2.75, 3.05) is 36.9 Å². The zero-order chi connectivity index (χ0) is 20.4. The number of morpholine rings is 1. The van der Waals surface area contributed by atoms with Crippen molar-refractivity contribution in [3.8, 4) is 5.75 Å². The van der Waals surface area contributed by atoms with Gasteiger partial charge in [0.25, 0.3) is 5.91 Å². The molecule has 2 aliphatic heterocycles. The highest BCUT2D eigenvalue weighted by Gasteiger charge is 2.32. The number of amides is 1. The first-order valence-electron chi connectivity index (χ1n) is 10.2. The lowest BCUT2D eigenvalue weighted by molar-refractivity contribution is -0.0586. The standard InChI is InChI=1S/C23H29N3O3/c1-16-12-26(13-17(2)29-16)22(27)18-9-10-21-20(11-18)25-23(3,15-28-21)14-24-19-7-5-4-6-8-19/h4-11,16-17,24-25H,12-15H2,1-3H3/t16-,17+,23?. The maximum absolute atomic E-state index is 13.0. The number of ether oxygens (including phenoxy) is 2. The third kappa shape index (κ3) is 4.48. The van der Waals surface area contributed by atoms with Crippen LogP contribution in [0.3, 0.4) is 0 Å². The average Bonchev–Trinajstić information content (AvgIpc) is 2.71. The number of benzene rings is 2. The predicted molar refractivity (Wildman–Crippen MR) is 115 cm³/mol. The molecule has 29 heavy (non-hydrogen) atoms. The van der Waals surface area contributed by atoms with Crippen LogP contribution in [0.2, 0.25) is 0 Å². The van der Waals surface area contributed by atoms with E-state index < -0.39 is 0 Å². The Kier molecular flexibility index (Phi) is 5.37. The lowest BCUT2D eigenvalue weighted by Crippen LogP contribution is -2.49. The molecule has 0 aromatic heterocycles. The van der Waals surface area contributed by atoms with Crippen molar-refractivity contribution in [1.29, 1.82) is 0 Å². The Labute approximate surface area is 172 Å². The molecule has 0 aliphatic carbocycles. The molecule has 1 saturated heterocycles. The van der Waals surface area contributed by atoms with Gasteiger partial charge in [0.2, 0.25) is 0 Å². The molecule has 1 unspecified atom stereocenters.